The molecule has 0 aliphatic carbocycles. The third kappa shape index (κ3) is 0.726. The van der Waals surface area contributed by atoms with Gasteiger partial charge in [0.15, 0.2) is 0 Å². The molecule has 1 rings (SSSR count). The predicted octanol–water partition coefficient (Wildman–Crippen LogP) is -0.836. The highest BCUT2D eigenvalue weighted by atomic mass is 16.1. The number of ketones is 1. The monoisotopic (exact) mass is 111 g/mol. The summed E-state index contributed by atoms with van der Waals surface area (Å²) in [6.07, 6.45) is 1.20. The van der Waals surface area contributed by atoms with E-state index in [0.29, 0.717) is 0 Å². The summed E-state index contributed by atoms with van der Waals surface area (Å²) >= 11 is 0. The molecule has 1 aliphatic heterocycles. The lowest BCUT2D eigenvalue weighted by atomic mass is 10.2. The van der Waals surface area contributed by atoms with Crippen LogP contribution in [0.4, 0.5) is 0 Å². The summed E-state index contributed by atoms with van der Waals surface area (Å²) < 4.78 is 0. The van der Waals surface area contributed by atoms with Crippen LogP contribution in [0.15, 0.2) is 5.10 Å². The Labute approximate surface area is 46.1 Å². The second-order valence-corrected chi connectivity index (χ2v) is 1.43. The van der Waals surface area contributed by atoms with Crippen molar-refractivity contribution < 1.29 is 4.79 Å². The first-order valence-corrected chi connectivity index (χ1v) is 2.18. The molecule has 2 N–H and O–H groups in total. The average molecular weight is 111 g/mol. The normalized spacial score (nSPS) is 18.5. The van der Waals surface area contributed by atoms with Crippen molar-refractivity contribution in [3.63, 3.8) is 0 Å². The number of hydrogen-bond acceptors (Lipinski definition) is 4. The molecule has 0 aromatic rings. The number of rotatable bonds is 0. The van der Waals surface area contributed by atoms with Crippen LogP contribution in [0.25, 0.3) is 0 Å². The van der Waals surface area contributed by atoms with Crippen LogP contribution in [-0.4, -0.2) is 24.3 Å². The fourth-order valence-corrected chi connectivity index (χ4v) is 0.395. The number of hydrazone groups is 1. The van der Waals surface area contributed by atoms with Gasteiger partial charge in [0.05, 0.1) is 12.8 Å². The van der Waals surface area contributed by atoms with Gasteiger partial charge < -0.3 is 5.43 Å². The van der Waals surface area contributed by atoms with Gasteiger partial charge in [-0.25, -0.2) is 0 Å². The standard InChI is InChI=1S/C4H5N3O/c5-3-1-6-7-2-4(3)8/h1,5,7H,2H2. The molecule has 0 fully saturated rings. The second-order valence-electron chi connectivity index (χ2n) is 1.43. The fourth-order valence-electron chi connectivity index (χ4n) is 0.395. The van der Waals surface area contributed by atoms with Crippen molar-refractivity contribution in [2.45, 2.75) is 0 Å². The van der Waals surface area contributed by atoms with E-state index in [2.05, 4.69) is 10.5 Å². The molecule has 0 spiro atoms. The van der Waals surface area contributed by atoms with Crippen LogP contribution in [0.3, 0.4) is 0 Å². The Morgan fingerprint density at radius 3 is 3.00 bits per heavy atom. The van der Waals surface area contributed by atoms with Gasteiger partial charge in [0, 0.05) is 0 Å². The summed E-state index contributed by atoms with van der Waals surface area (Å²) in [6, 6.07) is 0. The summed E-state index contributed by atoms with van der Waals surface area (Å²) in [4.78, 5) is 10.4. The van der Waals surface area contributed by atoms with E-state index in [9.17, 15) is 4.79 Å². The van der Waals surface area contributed by atoms with Crippen molar-refractivity contribution in [2.24, 2.45) is 5.10 Å². The molecule has 8 heavy (non-hydrogen) atoms. The fraction of sp³-hybridized carbons (Fsp3) is 0.250. The molecule has 0 aromatic heterocycles. The van der Waals surface area contributed by atoms with Crippen LogP contribution in [0.2, 0.25) is 0 Å². The number of hydrogen-bond donors (Lipinski definition) is 2. The Bertz CT molecular complexity index is 161. The summed E-state index contributed by atoms with van der Waals surface area (Å²) in [5, 5.41) is 10.3. The van der Waals surface area contributed by atoms with Gasteiger partial charge in [0.2, 0.25) is 5.78 Å². The average Bonchev–Trinajstić information content (AvgIpc) is 1.77. The largest absolute Gasteiger partial charge is 0.302 e. The second kappa shape index (κ2) is 1.73. The van der Waals surface area contributed by atoms with Gasteiger partial charge in [-0.1, -0.05) is 0 Å². The smallest absolute Gasteiger partial charge is 0.202 e. The van der Waals surface area contributed by atoms with E-state index in [1.54, 1.807) is 0 Å². The van der Waals surface area contributed by atoms with Gasteiger partial charge in [-0.15, -0.1) is 0 Å². The lowest BCUT2D eigenvalue weighted by molar-refractivity contribution is -0.112. The van der Waals surface area contributed by atoms with Gasteiger partial charge in [-0.3, -0.25) is 10.2 Å². The quantitative estimate of drug-likeness (QED) is 0.428. The van der Waals surface area contributed by atoms with E-state index in [1.165, 1.54) is 6.21 Å². The molecule has 42 valence electrons. The van der Waals surface area contributed by atoms with E-state index >= 15 is 0 Å². The Hall–Kier alpha value is -1.19. The van der Waals surface area contributed by atoms with Crippen molar-refractivity contribution in [2.75, 3.05) is 6.54 Å². The first-order valence-electron chi connectivity index (χ1n) is 2.18. The van der Waals surface area contributed by atoms with Crippen molar-refractivity contribution >= 4 is 17.7 Å². The first kappa shape index (κ1) is 4.96. The molecule has 0 aromatic carbocycles. The van der Waals surface area contributed by atoms with Gasteiger partial charge >= 0.3 is 0 Å². The Balaban J connectivity index is 2.75. The van der Waals surface area contributed by atoms with E-state index in [4.69, 9.17) is 5.41 Å². The topological polar surface area (TPSA) is 65.3 Å². The Morgan fingerprint density at radius 2 is 2.62 bits per heavy atom. The molecule has 4 heteroatoms. The highest BCUT2D eigenvalue weighted by Crippen LogP contribution is 1.78. The molecule has 1 heterocycles. The lowest BCUT2D eigenvalue weighted by Crippen LogP contribution is -2.31. The Morgan fingerprint density at radius 1 is 1.88 bits per heavy atom. The molecule has 0 atom stereocenters. The van der Waals surface area contributed by atoms with Crippen LogP contribution in [-0.2, 0) is 4.79 Å². The minimum Gasteiger partial charge on any atom is -0.302 e. The summed E-state index contributed by atoms with van der Waals surface area (Å²) in [5.74, 6) is -0.208. The van der Waals surface area contributed by atoms with Gasteiger partial charge in [-0.05, 0) is 0 Å². The predicted molar refractivity (Wildman–Crippen MR) is 29.2 cm³/mol. The molecule has 0 unspecified atom stereocenters. The minimum absolute atomic E-state index is 0.0243. The highest BCUT2D eigenvalue weighted by molar-refractivity contribution is 6.61. The van der Waals surface area contributed by atoms with Gasteiger partial charge in [0.25, 0.3) is 0 Å². The lowest BCUT2D eigenvalue weighted by Gasteiger charge is -2.02. The number of carbonyl (C=O) groups excluding carboxylic acids is 1. The molecule has 0 saturated carbocycles. The van der Waals surface area contributed by atoms with Gasteiger partial charge in [0.1, 0.15) is 5.71 Å². The van der Waals surface area contributed by atoms with Crippen molar-refractivity contribution in [3.8, 4) is 0 Å². The van der Waals surface area contributed by atoms with Crippen molar-refractivity contribution in [3.05, 3.63) is 0 Å². The number of Topliss-reactive ketones (excluding diaryl/α,β-unsaturated/α-hetero) is 1. The van der Waals surface area contributed by atoms with E-state index in [1.807, 2.05) is 0 Å². The van der Waals surface area contributed by atoms with Crippen LogP contribution >= 0.6 is 0 Å². The maximum Gasteiger partial charge on any atom is 0.202 e. The van der Waals surface area contributed by atoms with E-state index in [-0.39, 0.29) is 18.0 Å². The van der Waals surface area contributed by atoms with Crippen LogP contribution in [0.1, 0.15) is 0 Å². The zero-order valence-electron chi connectivity index (χ0n) is 4.14. The summed E-state index contributed by atoms with van der Waals surface area (Å²) in [6.45, 7) is 0.162. The molecule has 0 radical (unpaired) electrons. The molecule has 0 saturated heterocycles. The first-order chi connectivity index (χ1) is 3.80. The van der Waals surface area contributed by atoms with Crippen molar-refractivity contribution in [1.29, 1.82) is 5.41 Å². The summed E-state index contributed by atoms with van der Waals surface area (Å²) in [5.41, 5.74) is 2.42. The maximum absolute atomic E-state index is 10.4. The third-order valence-electron chi connectivity index (χ3n) is 0.825. The minimum atomic E-state index is -0.208. The zero-order chi connectivity index (χ0) is 5.98. The molecule has 4 nitrogen and oxygen atoms in total. The van der Waals surface area contributed by atoms with Crippen molar-refractivity contribution in [1.82, 2.24) is 5.43 Å². The third-order valence-corrected chi connectivity index (χ3v) is 0.825. The summed E-state index contributed by atoms with van der Waals surface area (Å²) in [7, 11) is 0. The molecule has 0 bridgehead atoms. The molecular weight excluding hydrogens is 106 g/mol. The number of nitrogens with zero attached hydrogens (tertiary/aromatic N) is 1. The Kier molecular flexibility index (Phi) is 1.07. The SMILES string of the molecule is N=C1C=NNCC1=O. The van der Waals surface area contributed by atoms with Crippen LogP contribution in [0, 0.1) is 5.41 Å². The molecule has 1 aliphatic rings. The molecule has 0 amide bonds. The number of nitrogens with one attached hydrogen (secondary N) is 2. The van der Waals surface area contributed by atoms with E-state index < -0.39 is 0 Å². The zero-order valence-corrected chi connectivity index (χ0v) is 4.14. The maximum atomic E-state index is 10.4. The number of carbonyl (C=O) groups is 1. The highest BCUT2D eigenvalue weighted by Gasteiger charge is 2.08. The van der Waals surface area contributed by atoms with Gasteiger partial charge in [-0.2, -0.15) is 5.10 Å². The molecular formula is C4H5N3O. The van der Waals surface area contributed by atoms with Crippen LogP contribution in [0.5, 0.6) is 0 Å². The van der Waals surface area contributed by atoms with E-state index in [0.717, 1.165) is 0 Å². The van der Waals surface area contributed by atoms with Crippen LogP contribution < -0.4 is 5.43 Å².